The highest BCUT2D eigenvalue weighted by molar-refractivity contribution is 7.89. The molecule has 0 saturated carbocycles. The Morgan fingerprint density at radius 2 is 2.19 bits per heavy atom. The molecule has 0 spiro atoms. The monoisotopic (exact) mass is 311 g/mol. The molecule has 1 aromatic heterocycles. The number of rotatable bonds is 1. The number of aliphatic imine (C=N–C) groups is 1. The van der Waals surface area contributed by atoms with Gasteiger partial charge in [0.1, 0.15) is 11.4 Å². The van der Waals surface area contributed by atoms with Crippen molar-refractivity contribution >= 4 is 26.9 Å². The number of aromatic amines is 1. The Labute approximate surface area is 120 Å². The summed E-state index contributed by atoms with van der Waals surface area (Å²) in [5, 5.41) is 7.16. The molecule has 1 atom stereocenters. The Morgan fingerprint density at radius 3 is 2.86 bits per heavy atom. The van der Waals surface area contributed by atoms with Gasteiger partial charge in [0.15, 0.2) is 0 Å². The maximum absolute atomic E-state index is 14.3. The van der Waals surface area contributed by atoms with Crippen molar-refractivity contribution in [1.82, 2.24) is 14.5 Å². The first-order valence-corrected chi connectivity index (χ1v) is 7.79. The van der Waals surface area contributed by atoms with Crippen LogP contribution in [0.1, 0.15) is 12.5 Å². The van der Waals surface area contributed by atoms with Crippen LogP contribution in [0.25, 0.3) is 10.9 Å². The number of nitrogens with one attached hydrogen (secondary N) is 1. The number of halogens is 1. The number of sulfonamides is 1. The number of nitrogens with two attached hydrogens (primary N) is 1. The fourth-order valence-electron chi connectivity index (χ4n) is 2.46. The SMILES string of the molecule is CN1C(N)=N[C@](C)(c2cc3[nH]ncc3cc2F)CS1(=O)=O. The van der Waals surface area contributed by atoms with Crippen LogP contribution in [0.3, 0.4) is 0 Å². The number of guanidine groups is 1. The summed E-state index contributed by atoms with van der Waals surface area (Å²) in [6.07, 6.45) is 1.49. The van der Waals surface area contributed by atoms with E-state index in [1.807, 2.05) is 0 Å². The molecule has 0 aliphatic carbocycles. The standard InChI is InChI=1S/C12H14FN5O2S/c1-12(6-21(19,20)18(2)11(14)16-12)8-4-10-7(3-9(8)13)5-15-17-10/h3-5H,6H2,1-2H3,(H2,14,16)(H,15,17)/t12-/m0/s1. The lowest BCUT2D eigenvalue weighted by atomic mass is 9.93. The van der Waals surface area contributed by atoms with E-state index in [1.165, 1.54) is 25.4 Å². The number of fused-ring (bicyclic) bond motifs is 1. The van der Waals surface area contributed by atoms with Gasteiger partial charge in [-0.2, -0.15) is 5.10 Å². The molecule has 0 unspecified atom stereocenters. The van der Waals surface area contributed by atoms with Gasteiger partial charge in [0, 0.05) is 18.0 Å². The van der Waals surface area contributed by atoms with Crippen molar-refractivity contribution in [3.8, 4) is 0 Å². The van der Waals surface area contributed by atoms with Gasteiger partial charge in [-0.05, 0) is 19.1 Å². The number of benzene rings is 1. The molecule has 1 aliphatic rings. The van der Waals surface area contributed by atoms with Crippen LogP contribution in [-0.2, 0) is 15.6 Å². The first kappa shape index (κ1) is 13.8. The highest BCUT2D eigenvalue weighted by atomic mass is 32.2. The largest absolute Gasteiger partial charge is 0.369 e. The van der Waals surface area contributed by atoms with Crippen LogP contribution in [-0.4, -0.2) is 41.7 Å². The van der Waals surface area contributed by atoms with E-state index in [2.05, 4.69) is 15.2 Å². The smallest absolute Gasteiger partial charge is 0.239 e. The van der Waals surface area contributed by atoms with Crippen LogP contribution in [0.2, 0.25) is 0 Å². The van der Waals surface area contributed by atoms with Crippen LogP contribution in [0.15, 0.2) is 23.3 Å². The third kappa shape index (κ3) is 2.04. The van der Waals surface area contributed by atoms with E-state index in [9.17, 15) is 12.8 Å². The zero-order chi connectivity index (χ0) is 15.4. The zero-order valence-corrected chi connectivity index (χ0v) is 12.3. The number of hydrogen-bond acceptors (Lipinski definition) is 5. The van der Waals surface area contributed by atoms with Crippen LogP contribution in [0.4, 0.5) is 4.39 Å². The summed E-state index contributed by atoms with van der Waals surface area (Å²) in [6.45, 7) is 1.55. The molecule has 0 saturated heterocycles. The van der Waals surface area contributed by atoms with Gasteiger partial charge >= 0.3 is 0 Å². The first-order chi connectivity index (χ1) is 9.73. The molecule has 3 rings (SSSR count). The van der Waals surface area contributed by atoms with Crippen molar-refractivity contribution in [2.75, 3.05) is 12.8 Å². The maximum Gasteiger partial charge on any atom is 0.239 e. The average Bonchev–Trinajstić information content (AvgIpc) is 2.81. The van der Waals surface area contributed by atoms with Gasteiger partial charge in [-0.15, -0.1) is 0 Å². The van der Waals surface area contributed by atoms with E-state index in [4.69, 9.17) is 5.73 Å². The number of H-pyrrole nitrogens is 1. The molecule has 3 N–H and O–H groups in total. The third-order valence-corrected chi connectivity index (χ3v) is 5.62. The predicted octanol–water partition coefficient (Wildman–Crippen LogP) is 0.507. The lowest BCUT2D eigenvalue weighted by Gasteiger charge is -2.34. The molecule has 1 aliphatic heterocycles. The lowest BCUT2D eigenvalue weighted by Crippen LogP contribution is -2.50. The quantitative estimate of drug-likeness (QED) is 0.800. The molecular weight excluding hydrogens is 297 g/mol. The molecular formula is C12H14FN5O2S. The van der Waals surface area contributed by atoms with Crippen molar-refractivity contribution in [2.45, 2.75) is 12.5 Å². The Bertz CT molecular complexity index is 860. The van der Waals surface area contributed by atoms with E-state index < -0.39 is 21.4 Å². The second-order valence-electron chi connectivity index (χ2n) is 5.26. The zero-order valence-electron chi connectivity index (χ0n) is 11.5. The van der Waals surface area contributed by atoms with Crippen LogP contribution in [0, 0.1) is 5.82 Å². The Morgan fingerprint density at radius 1 is 1.48 bits per heavy atom. The summed E-state index contributed by atoms with van der Waals surface area (Å²) in [5.41, 5.74) is 5.16. The van der Waals surface area contributed by atoms with Crippen molar-refractivity contribution in [2.24, 2.45) is 10.7 Å². The lowest BCUT2D eigenvalue weighted by molar-refractivity contribution is 0.458. The molecule has 0 radical (unpaired) electrons. The van der Waals surface area contributed by atoms with E-state index in [0.717, 1.165) is 4.31 Å². The average molecular weight is 311 g/mol. The van der Waals surface area contributed by atoms with Crippen molar-refractivity contribution in [1.29, 1.82) is 0 Å². The molecule has 9 heteroatoms. The van der Waals surface area contributed by atoms with Gasteiger partial charge in [0.25, 0.3) is 0 Å². The first-order valence-electron chi connectivity index (χ1n) is 6.18. The Kier molecular flexibility index (Phi) is 2.74. The fourth-order valence-corrected chi connectivity index (χ4v) is 3.91. The van der Waals surface area contributed by atoms with Crippen molar-refractivity contribution < 1.29 is 12.8 Å². The fraction of sp³-hybridized carbons (Fsp3) is 0.333. The van der Waals surface area contributed by atoms with Gasteiger partial charge in [-0.3, -0.25) is 5.10 Å². The molecule has 2 aromatic rings. The summed E-state index contributed by atoms with van der Waals surface area (Å²) in [5.74, 6) is -1.05. The minimum absolute atomic E-state index is 0.159. The molecule has 112 valence electrons. The van der Waals surface area contributed by atoms with Gasteiger partial charge in [-0.1, -0.05) is 0 Å². The van der Waals surface area contributed by atoms with Crippen molar-refractivity contribution in [3.63, 3.8) is 0 Å². The van der Waals surface area contributed by atoms with Gasteiger partial charge in [-0.25, -0.2) is 22.1 Å². The predicted molar refractivity (Wildman–Crippen MR) is 76.6 cm³/mol. The molecule has 0 bridgehead atoms. The molecule has 1 aromatic carbocycles. The minimum atomic E-state index is -3.64. The van der Waals surface area contributed by atoms with E-state index in [1.54, 1.807) is 6.92 Å². The second-order valence-corrected chi connectivity index (χ2v) is 7.26. The Balaban J connectivity index is 2.23. The topological polar surface area (TPSA) is 104 Å². The third-order valence-electron chi connectivity index (χ3n) is 3.67. The maximum atomic E-state index is 14.3. The highest BCUT2D eigenvalue weighted by Gasteiger charge is 2.41. The van der Waals surface area contributed by atoms with E-state index in [-0.39, 0.29) is 17.3 Å². The number of hydrogen-bond donors (Lipinski definition) is 2. The Hall–Kier alpha value is -2.16. The number of nitrogens with zero attached hydrogens (tertiary/aromatic N) is 3. The second kappa shape index (κ2) is 4.17. The van der Waals surface area contributed by atoms with E-state index in [0.29, 0.717) is 10.9 Å². The summed E-state index contributed by atoms with van der Waals surface area (Å²) in [6, 6.07) is 2.82. The normalized spacial score (nSPS) is 25.1. The molecule has 2 heterocycles. The van der Waals surface area contributed by atoms with Crippen LogP contribution >= 0.6 is 0 Å². The summed E-state index contributed by atoms with van der Waals surface area (Å²) in [7, 11) is -2.32. The van der Waals surface area contributed by atoms with E-state index >= 15 is 0 Å². The van der Waals surface area contributed by atoms with Crippen molar-refractivity contribution in [3.05, 3.63) is 29.7 Å². The van der Waals surface area contributed by atoms with Gasteiger partial charge in [0.2, 0.25) is 16.0 Å². The summed E-state index contributed by atoms with van der Waals surface area (Å²) in [4.78, 5) is 4.18. The molecule has 0 amide bonds. The molecule has 0 fully saturated rings. The van der Waals surface area contributed by atoms with Gasteiger partial charge in [0.05, 0.1) is 17.5 Å². The minimum Gasteiger partial charge on any atom is -0.369 e. The van der Waals surface area contributed by atoms with Gasteiger partial charge < -0.3 is 5.73 Å². The summed E-state index contributed by atoms with van der Waals surface area (Å²) < 4.78 is 39.5. The molecule has 7 nitrogen and oxygen atoms in total. The highest BCUT2D eigenvalue weighted by Crippen LogP contribution is 2.34. The number of aromatic nitrogens is 2. The summed E-state index contributed by atoms with van der Waals surface area (Å²) >= 11 is 0. The van der Waals surface area contributed by atoms with Crippen LogP contribution in [0.5, 0.6) is 0 Å². The van der Waals surface area contributed by atoms with Crippen LogP contribution < -0.4 is 5.73 Å². The molecule has 21 heavy (non-hydrogen) atoms.